The van der Waals surface area contributed by atoms with Crippen LogP contribution in [0.3, 0.4) is 0 Å². The van der Waals surface area contributed by atoms with Gasteiger partial charge in [0, 0.05) is 10.6 Å². The quantitative estimate of drug-likeness (QED) is 0.808. The minimum atomic E-state index is -0.258. The van der Waals surface area contributed by atoms with Gasteiger partial charge in [-0.25, -0.2) is 5.48 Å². The summed E-state index contributed by atoms with van der Waals surface area (Å²) >= 11 is 5.81. The number of hydrogen-bond acceptors (Lipinski definition) is 3. The average molecular weight is 255 g/mol. The molecule has 0 spiro atoms. The van der Waals surface area contributed by atoms with E-state index in [1.807, 2.05) is 0 Å². The predicted octanol–water partition coefficient (Wildman–Crippen LogP) is 1.75. The number of carbonyl (C=O) groups is 1. The van der Waals surface area contributed by atoms with Gasteiger partial charge in [0.15, 0.2) is 0 Å². The Hall–Kier alpha value is -1.10. The summed E-state index contributed by atoms with van der Waals surface area (Å²) in [5.41, 5.74) is 2.98. The van der Waals surface area contributed by atoms with Gasteiger partial charge in [-0.3, -0.25) is 9.63 Å². The number of hydrogen-bond donors (Lipinski definition) is 2. The summed E-state index contributed by atoms with van der Waals surface area (Å²) in [6, 6.07) is 6.78. The topological polar surface area (TPSA) is 50.4 Å². The summed E-state index contributed by atoms with van der Waals surface area (Å²) in [4.78, 5) is 17.1. The molecule has 2 N–H and O–H groups in total. The van der Waals surface area contributed by atoms with Crippen molar-refractivity contribution in [2.45, 2.75) is 18.9 Å². The first kappa shape index (κ1) is 12.4. The van der Waals surface area contributed by atoms with Gasteiger partial charge in [-0.15, -0.1) is 0 Å². The first-order chi connectivity index (χ1) is 8.25. The molecule has 5 heteroatoms. The fourth-order valence-electron chi connectivity index (χ4n) is 1.74. The van der Waals surface area contributed by atoms with E-state index in [4.69, 9.17) is 16.4 Å². The van der Waals surface area contributed by atoms with Crippen molar-refractivity contribution < 1.29 is 9.63 Å². The molecule has 0 unspecified atom stereocenters. The van der Waals surface area contributed by atoms with Crippen LogP contribution < -0.4 is 10.8 Å². The second-order valence-electron chi connectivity index (χ2n) is 4.01. The zero-order valence-corrected chi connectivity index (χ0v) is 10.2. The molecule has 1 aliphatic heterocycles. The van der Waals surface area contributed by atoms with Crippen molar-refractivity contribution in [3.63, 3.8) is 0 Å². The molecule has 1 saturated heterocycles. The minimum Gasteiger partial charge on any atom is -0.317 e. The van der Waals surface area contributed by atoms with Gasteiger partial charge in [0.25, 0.3) is 5.91 Å². The molecule has 1 amide bonds. The van der Waals surface area contributed by atoms with Gasteiger partial charge in [0.1, 0.15) is 0 Å². The molecule has 4 nitrogen and oxygen atoms in total. The number of hydroxylamine groups is 1. The van der Waals surface area contributed by atoms with E-state index in [1.54, 1.807) is 24.3 Å². The molecule has 0 bridgehead atoms. The van der Waals surface area contributed by atoms with Crippen LogP contribution in [-0.4, -0.2) is 25.1 Å². The van der Waals surface area contributed by atoms with Gasteiger partial charge < -0.3 is 5.32 Å². The van der Waals surface area contributed by atoms with Crippen LogP contribution >= 0.6 is 11.6 Å². The van der Waals surface area contributed by atoms with Gasteiger partial charge >= 0.3 is 0 Å². The molecule has 1 aliphatic rings. The predicted molar refractivity (Wildman–Crippen MR) is 65.9 cm³/mol. The average Bonchev–Trinajstić information content (AvgIpc) is 2.37. The van der Waals surface area contributed by atoms with Crippen LogP contribution in [-0.2, 0) is 4.84 Å². The Morgan fingerprint density at radius 3 is 2.88 bits per heavy atom. The first-order valence-electron chi connectivity index (χ1n) is 5.68. The van der Waals surface area contributed by atoms with E-state index in [9.17, 15) is 4.79 Å². The molecule has 92 valence electrons. The normalized spacial score (nSPS) is 16.8. The Morgan fingerprint density at radius 1 is 1.41 bits per heavy atom. The molecule has 0 aliphatic carbocycles. The molecule has 0 radical (unpaired) electrons. The van der Waals surface area contributed by atoms with Crippen LogP contribution in [0.4, 0.5) is 0 Å². The zero-order chi connectivity index (χ0) is 12.1. The maximum Gasteiger partial charge on any atom is 0.274 e. The molecule has 1 aromatic rings. The highest BCUT2D eigenvalue weighted by Gasteiger charge is 2.15. The van der Waals surface area contributed by atoms with Crippen molar-refractivity contribution in [3.8, 4) is 0 Å². The Labute approximate surface area is 105 Å². The van der Waals surface area contributed by atoms with E-state index < -0.39 is 0 Å². The van der Waals surface area contributed by atoms with Crippen molar-refractivity contribution >= 4 is 17.5 Å². The lowest BCUT2D eigenvalue weighted by Crippen LogP contribution is -2.37. The number of rotatable bonds is 3. The third-order valence-corrected chi connectivity index (χ3v) is 2.93. The molecule has 17 heavy (non-hydrogen) atoms. The van der Waals surface area contributed by atoms with Crippen LogP contribution in [0.2, 0.25) is 5.02 Å². The Bertz CT molecular complexity index is 392. The smallest absolute Gasteiger partial charge is 0.274 e. The molecule has 1 aromatic carbocycles. The van der Waals surface area contributed by atoms with E-state index in [0.717, 1.165) is 25.9 Å². The van der Waals surface area contributed by atoms with Gasteiger partial charge in [0.2, 0.25) is 0 Å². The largest absolute Gasteiger partial charge is 0.317 e. The van der Waals surface area contributed by atoms with Crippen molar-refractivity contribution in [3.05, 3.63) is 34.9 Å². The van der Waals surface area contributed by atoms with Crippen molar-refractivity contribution in [2.24, 2.45) is 0 Å². The fourth-order valence-corrected chi connectivity index (χ4v) is 1.93. The van der Waals surface area contributed by atoms with Gasteiger partial charge in [-0.2, -0.15) is 0 Å². The summed E-state index contributed by atoms with van der Waals surface area (Å²) in [7, 11) is 0. The van der Waals surface area contributed by atoms with Crippen LogP contribution in [0.1, 0.15) is 23.2 Å². The lowest BCUT2D eigenvalue weighted by atomic mass is 10.1. The second-order valence-corrected chi connectivity index (χ2v) is 4.45. The van der Waals surface area contributed by atoms with Crippen LogP contribution in [0.5, 0.6) is 0 Å². The van der Waals surface area contributed by atoms with Gasteiger partial charge in [0.05, 0.1) is 6.10 Å². The second kappa shape index (κ2) is 6.00. The summed E-state index contributed by atoms with van der Waals surface area (Å²) in [6.45, 7) is 1.86. The summed E-state index contributed by atoms with van der Waals surface area (Å²) < 4.78 is 0. The Balaban J connectivity index is 1.84. The number of nitrogens with one attached hydrogen (secondary N) is 2. The first-order valence-corrected chi connectivity index (χ1v) is 6.06. The van der Waals surface area contributed by atoms with E-state index in [2.05, 4.69) is 10.8 Å². The molecular formula is C12H15ClN2O2. The lowest BCUT2D eigenvalue weighted by Gasteiger charge is -2.22. The van der Waals surface area contributed by atoms with E-state index >= 15 is 0 Å². The van der Waals surface area contributed by atoms with Crippen molar-refractivity contribution in [1.82, 2.24) is 10.8 Å². The molecular weight excluding hydrogens is 240 g/mol. The number of piperidine rings is 1. The zero-order valence-electron chi connectivity index (χ0n) is 9.41. The van der Waals surface area contributed by atoms with Crippen LogP contribution in [0.15, 0.2) is 24.3 Å². The highest BCUT2D eigenvalue weighted by Crippen LogP contribution is 2.11. The monoisotopic (exact) mass is 254 g/mol. The molecule has 2 rings (SSSR count). The van der Waals surface area contributed by atoms with Gasteiger partial charge in [-0.1, -0.05) is 17.7 Å². The molecule has 0 aromatic heterocycles. The van der Waals surface area contributed by atoms with Gasteiger partial charge in [-0.05, 0) is 44.1 Å². The van der Waals surface area contributed by atoms with E-state index in [-0.39, 0.29) is 12.0 Å². The Kier molecular flexibility index (Phi) is 4.36. The third-order valence-electron chi connectivity index (χ3n) is 2.69. The maximum absolute atomic E-state index is 11.7. The van der Waals surface area contributed by atoms with E-state index in [1.165, 1.54) is 0 Å². The van der Waals surface area contributed by atoms with Crippen molar-refractivity contribution in [2.75, 3.05) is 13.1 Å². The molecule has 0 saturated carbocycles. The Morgan fingerprint density at radius 2 is 2.18 bits per heavy atom. The highest BCUT2D eigenvalue weighted by molar-refractivity contribution is 6.30. The third kappa shape index (κ3) is 3.70. The summed E-state index contributed by atoms with van der Waals surface area (Å²) in [5.74, 6) is -0.258. The highest BCUT2D eigenvalue weighted by atomic mass is 35.5. The number of carbonyl (C=O) groups excluding carboxylic acids is 1. The lowest BCUT2D eigenvalue weighted by molar-refractivity contribution is -0.0282. The summed E-state index contributed by atoms with van der Waals surface area (Å²) in [5, 5.41) is 3.77. The minimum absolute atomic E-state index is 0.0967. The number of benzene rings is 1. The van der Waals surface area contributed by atoms with Crippen LogP contribution in [0.25, 0.3) is 0 Å². The van der Waals surface area contributed by atoms with Crippen molar-refractivity contribution in [1.29, 1.82) is 0 Å². The molecule has 1 fully saturated rings. The standard InChI is InChI=1S/C12H15ClN2O2/c13-10-3-1-2-9(8-10)12(16)15-17-11-4-6-14-7-5-11/h1-3,8,11,14H,4-7H2,(H,15,16). The SMILES string of the molecule is O=C(NOC1CCNCC1)c1cccc(Cl)c1. The van der Waals surface area contributed by atoms with Crippen LogP contribution in [0, 0.1) is 0 Å². The maximum atomic E-state index is 11.7. The van der Waals surface area contributed by atoms with E-state index in [0.29, 0.717) is 10.6 Å². The molecule has 0 atom stereocenters. The number of amides is 1. The number of halogens is 1. The summed E-state index contributed by atoms with van der Waals surface area (Å²) in [6.07, 6.45) is 1.92. The molecule has 1 heterocycles. The fraction of sp³-hybridized carbons (Fsp3) is 0.417.